The zero-order chi connectivity index (χ0) is 27.0. The highest BCUT2D eigenvalue weighted by Gasteiger charge is 2.32. The van der Waals surface area contributed by atoms with Crippen LogP contribution in [0, 0.1) is 0 Å². The third-order valence-electron chi connectivity index (χ3n) is 4.98. The molecule has 3 aromatic carbocycles. The molecule has 0 spiro atoms. The molecule has 0 bridgehead atoms. The van der Waals surface area contributed by atoms with Crippen LogP contribution in [0.15, 0.2) is 88.0 Å². The number of hydrogen-bond acceptors (Lipinski definition) is 5. The van der Waals surface area contributed by atoms with Gasteiger partial charge in [-0.1, -0.05) is 53.5 Å². The quantitative estimate of drug-likeness (QED) is 0.230. The van der Waals surface area contributed by atoms with Crippen molar-refractivity contribution < 1.29 is 30.0 Å². The van der Waals surface area contributed by atoms with Crippen molar-refractivity contribution in [2.45, 2.75) is 15.3 Å². The first-order valence-corrected chi connectivity index (χ1v) is 14.7. The topological polar surface area (TPSA) is 92.3 Å². The summed E-state index contributed by atoms with van der Waals surface area (Å²) in [5, 5.41) is 0.343. The number of benzene rings is 3. The molecule has 0 aliphatic heterocycles. The molecule has 0 saturated heterocycles. The lowest BCUT2D eigenvalue weighted by molar-refractivity contribution is -0.137. The summed E-state index contributed by atoms with van der Waals surface area (Å²) < 4.78 is 96.0. The zero-order valence-electron chi connectivity index (χ0n) is 18.3. The number of nitrogens with one attached hydrogen (secondary N) is 2. The van der Waals surface area contributed by atoms with Crippen LogP contribution >= 0.6 is 34.5 Å². The Morgan fingerprint density at radius 1 is 0.730 bits per heavy atom. The van der Waals surface area contributed by atoms with Gasteiger partial charge in [-0.3, -0.25) is 9.44 Å². The molecule has 37 heavy (non-hydrogen) atoms. The second-order valence-corrected chi connectivity index (χ2v) is 13.2. The van der Waals surface area contributed by atoms with Crippen LogP contribution < -0.4 is 9.44 Å². The van der Waals surface area contributed by atoms with Gasteiger partial charge in [0.25, 0.3) is 20.0 Å². The number of alkyl halides is 3. The highest BCUT2D eigenvalue weighted by atomic mass is 35.5. The van der Waals surface area contributed by atoms with Crippen LogP contribution in [0.25, 0.3) is 11.1 Å². The monoisotopic (exact) mass is 606 g/mol. The Morgan fingerprint density at radius 2 is 1.43 bits per heavy atom. The van der Waals surface area contributed by atoms with Gasteiger partial charge < -0.3 is 0 Å². The lowest BCUT2D eigenvalue weighted by atomic mass is 10.0. The molecule has 14 heteroatoms. The van der Waals surface area contributed by atoms with Gasteiger partial charge in [0.05, 0.1) is 26.2 Å². The summed E-state index contributed by atoms with van der Waals surface area (Å²) in [6.07, 6.45) is -4.77. The van der Waals surface area contributed by atoms with Crippen LogP contribution in [0.2, 0.25) is 9.36 Å². The van der Waals surface area contributed by atoms with Crippen molar-refractivity contribution in [2.24, 2.45) is 0 Å². The van der Waals surface area contributed by atoms with E-state index in [1.807, 2.05) is 0 Å². The number of halogens is 5. The average molecular weight is 607 g/mol. The molecule has 0 amide bonds. The first kappa shape index (κ1) is 27.3. The molecule has 0 unspecified atom stereocenters. The van der Waals surface area contributed by atoms with Gasteiger partial charge in [0.15, 0.2) is 0 Å². The van der Waals surface area contributed by atoms with E-state index in [9.17, 15) is 30.0 Å². The van der Waals surface area contributed by atoms with Crippen LogP contribution in [0.3, 0.4) is 0 Å². The summed E-state index contributed by atoms with van der Waals surface area (Å²) in [4.78, 5) is -0.663. The van der Waals surface area contributed by atoms with Gasteiger partial charge in [-0.25, -0.2) is 16.8 Å². The smallest absolute Gasteiger partial charge is 0.277 e. The Bertz CT molecular complexity index is 1690. The molecule has 6 nitrogen and oxygen atoms in total. The molecule has 0 atom stereocenters. The Hall–Kier alpha value is -2.77. The van der Waals surface area contributed by atoms with Crippen molar-refractivity contribution >= 4 is 66.0 Å². The zero-order valence-corrected chi connectivity index (χ0v) is 22.2. The molecular formula is C23H15Cl2F3N2O4S3. The summed E-state index contributed by atoms with van der Waals surface area (Å²) >= 11 is 12.9. The minimum absolute atomic E-state index is 0.126. The fraction of sp³-hybridized carbons (Fsp3) is 0.0435. The highest BCUT2D eigenvalue weighted by molar-refractivity contribution is 7.94. The lowest BCUT2D eigenvalue weighted by Crippen LogP contribution is -2.18. The first-order chi connectivity index (χ1) is 17.3. The second kappa shape index (κ2) is 10.2. The van der Waals surface area contributed by atoms with Crippen LogP contribution in [-0.2, 0) is 26.2 Å². The Morgan fingerprint density at radius 3 is 2.08 bits per heavy atom. The fourth-order valence-electron chi connectivity index (χ4n) is 3.26. The molecule has 4 aromatic rings. The van der Waals surface area contributed by atoms with Crippen LogP contribution in [0.5, 0.6) is 0 Å². The number of anilines is 2. The van der Waals surface area contributed by atoms with E-state index in [1.54, 1.807) is 24.3 Å². The number of thiophene rings is 1. The number of sulfonamides is 2. The van der Waals surface area contributed by atoms with Gasteiger partial charge in [0.2, 0.25) is 0 Å². The Balaban J connectivity index is 1.80. The predicted molar refractivity (Wildman–Crippen MR) is 139 cm³/mol. The molecule has 1 aromatic heterocycles. The third-order valence-corrected chi connectivity index (χ3v) is 9.76. The molecule has 1 heterocycles. The Kier molecular flexibility index (Phi) is 7.50. The minimum Gasteiger partial charge on any atom is -0.277 e. The molecule has 0 saturated carbocycles. The van der Waals surface area contributed by atoms with Gasteiger partial charge in [-0.05, 0) is 54.1 Å². The summed E-state index contributed by atoms with van der Waals surface area (Å²) in [5.41, 5.74) is -0.620. The van der Waals surface area contributed by atoms with E-state index < -0.39 is 36.7 Å². The second-order valence-electron chi connectivity index (χ2n) is 7.54. The van der Waals surface area contributed by atoms with Crippen LogP contribution in [0.1, 0.15) is 5.56 Å². The standard InChI is InChI=1S/C23H15Cl2F3N2O4S3/c24-18-7-2-1-6-17(18)14-8-9-19(29-37(33,34)22-11-10-21(25)35-22)20(12-14)30-36(31,32)16-5-3-4-15(13-16)23(26,27)28/h1-13,29-30H. The van der Waals surface area contributed by atoms with E-state index in [2.05, 4.69) is 9.44 Å². The summed E-state index contributed by atoms with van der Waals surface area (Å²) in [7, 11) is -8.75. The van der Waals surface area contributed by atoms with Gasteiger partial charge in [0, 0.05) is 10.6 Å². The van der Waals surface area contributed by atoms with Crippen molar-refractivity contribution in [3.05, 3.63) is 93.8 Å². The Labute approximate surface area is 224 Å². The van der Waals surface area contributed by atoms with E-state index >= 15 is 0 Å². The molecule has 194 valence electrons. The van der Waals surface area contributed by atoms with Gasteiger partial charge in [-0.15, -0.1) is 11.3 Å². The maximum atomic E-state index is 13.2. The molecule has 0 radical (unpaired) electrons. The van der Waals surface area contributed by atoms with E-state index in [4.69, 9.17) is 23.2 Å². The van der Waals surface area contributed by atoms with Crippen molar-refractivity contribution in [1.29, 1.82) is 0 Å². The van der Waals surface area contributed by atoms with Gasteiger partial charge >= 0.3 is 6.18 Å². The highest BCUT2D eigenvalue weighted by Crippen LogP contribution is 2.36. The molecule has 0 aliphatic carbocycles. The predicted octanol–water partition coefficient (Wildman–Crippen LogP) is 7.34. The summed E-state index contributed by atoms with van der Waals surface area (Å²) in [5.74, 6) is 0. The SMILES string of the molecule is O=S(=O)(Nc1cc(-c2ccccc2Cl)ccc1NS(=O)(=O)c1ccc(Cl)s1)c1cccc(C(F)(F)F)c1. The number of hydrogen-bond donors (Lipinski definition) is 2. The van der Waals surface area contributed by atoms with Crippen LogP contribution in [0.4, 0.5) is 24.5 Å². The van der Waals surface area contributed by atoms with Gasteiger partial charge in [0.1, 0.15) is 4.21 Å². The lowest BCUT2D eigenvalue weighted by Gasteiger charge is -2.17. The molecule has 2 N–H and O–H groups in total. The van der Waals surface area contributed by atoms with Crippen molar-refractivity contribution in [3.63, 3.8) is 0 Å². The van der Waals surface area contributed by atoms with Crippen LogP contribution in [-0.4, -0.2) is 16.8 Å². The van der Waals surface area contributed by atoms with Crippen molar-refractivity contribution in [3.8, 4) is 11.1 Å². The molecule has 4 rings (SSSR count). The van der Waals surface area contributed by atoms with Gasteiger partial charge in [-0.2, -0.15) is 13.2 Å². The summed E-state index contributed by atoms with van der Waals surface area (Å²) in [6, 6.07) is 16.7. The van der Waals surface area contributed by atoms with Crippen molar-refractivity contribution in [1.82, 2.24) is 0 Å². The average Bonchev–Trinajstić information content (AvgIpc) is 3.27. The third kappa shape index (κ3) is 6.21. The maximum Gasteiger partial charge on any atom is 0.416 e. The normalized spacial score (nSPS) is 12.4. The summed E-state index contributed by atoms with van der Waals surface area (Å²) in [6.45, 7) is 0. The maximum absolute atomic E-state index is 13.2. The van der Waals surface area contributed by atoms with E-state index in [-0.39, 0.29) is 19.9 Å². The number of rotatable bonds is 7. The first-order valence-electron chi connectivity index (χ1n) is 10.1. The molecule has 0 aliphatic rings. The van der Waals surface area contributed by atoms with Crippen molar-refractivity contribution in [2.75, 3.05) is 9.44 Å². The molecular weight excluding hydrogens is 592 g/mol. The van der Waals surface area contributed by atoms with E-state index in [0.717, 1.165) is 29.5 Å². The van der Waals surface area contributed by atoms with E-state index in [1.165, 1.54) is 30.3 Å². The van der Waals surface area contributed by atoms with E-state index in [0.29, 0.717) is 22.2 Å². The minimum atomic E-state index is -4.77. The molecule has 0 fully saturated rings. The largest absolute Gasteiger partial charge is 0.416 e. The fourth-order valence-corrected chi connectivity index (χ4v) is 7.18.